The van der Waals surface area contributed by atoms with Crippen LogP contribution in [0.4, 0.5) is 0 Å². The molecule has 2 unspecified atom stereocenters. The van der Waals surface area contributed by atoms with Crippen molar-refractivity contribution in [2.45, 2.75) is 24.0 Å². The predicted molar refractivity (Wildman–Crippen MR) is 78.4 cm³/mol. The zero-order chi connectivity index (χ0) is 14.2. The fourth-order valence-electron chi connectivity index (χ4n) is 1.82. The van der Waals surface area contributed by atoms with Crippen molar-refractivity contribution in [2.24, 2.45) is 11.1 Å². The Bertz CT molecular complexity index is 628. The molecule has 104 valence electrons. The molecule has 0 N–H and O–H groups in total. The first-order valence-electron chi connectivity index (χ1n) is 5.71. The topological polar surface area (TPSA) is 55.7 Å². The summed E-state index contributed by atoms with van der Waals surface area (Å²) in [7, 11) is -3.60. The van der Waals surface area contributed by atoms with Gasteiger partial charge in [-0.2, -0.15) is 8.42 Å². The highest BCUT2D eigenvalue weighted by Gasteiger charge is 2.29. The van der Waals surface area contributed by atoms with Crippen molar-refractivity contribution < 1.29 is 12.7 Å². The summed E-state index contributed by atoms with van der Waals surface area (Å²) >= 11 is 7.71. The summed E-state index contributed by atoms with van der Waals surface area (Å²) in [6.45, 7) is 4.06. The lowest BCUT2D eigenvalue weighted by Gasteiger charge is -2.28. The van der Waals surface area contributed by atoms with E-state index >= 15 is 0 Å². The normalized spacial score (nSPS) is 25.2. The molecule has 0 aromatic heterocycles. The van der Waals surface area contributed by atoms with Crippen LogP contribution in [0.15, 0.2) is 28.3 Å². The molecule has 0 fully saturated rings. The van der Waals surface area contributed by atoms with E-state index < -0.39 is 10.1 Å². The SMILES string of the molecule is CC1Sc2ccc(Cl)cc2/C(=N/OS(C)(=O)=O)C1C. The molecule has 2 atom stereocenters. The molecule has 0 spiro atoms. The van der Waals surface area contributed by atoms with Gasteiger partial charge in [0.2, 0.25) is 0 Å². The molecule has 19 heavy (non-hydrogen) atoms. The number of rotatable bonds is 2. The number of thioether (sulfide) groups is 1. The molecule has 0 bridgehead atoms. The van der Waals surface area contributed by atoms with Gasteiger partial charge in [0.25, 0.3) is 0 Å². The zero-order valence-corrected chi connectivity index (χ0v) is 13.1. The Morgan fingerprint density at radius 2 is 2.05 bits per heavy atom. The standard InChI is InChI=1S/C12H14ClNO3S2/c1-7-8(2)18-11-5-4-9(13)6-10(11)12(7)14-17-19(3,15)16/h4-8H,1-3H3/b14-12+. The first kappa shape index (κ1) is 14.7. The molecule has 1 heterocycles. The van der Waals surface area contributed by atoms with Crippen molar-refractivity contribution in [1.29, 1.82) is 0 Å². The second kappa shape index (κ2) is 5.34. The molecule has 1 aromatic carbocycles. The molecule has 0 saturated heterocycles. The number of nitrogens with zero attached hydrogens (tertiary/aromatic N) is 1. The van der Waals surface area contributed by atoms with Gasteiger partial charge in [0, 0.05) is 26.6 Å². The quantitative estimate of drug-likeness (QED) is 0.786. The van der Waals surface area contributed by atoms with Gasteiger partial charge in [0.1, 0.15) is 0 Å². The Morgan fingerprint density at radius 3 is 2.68 bits per heavy atom. The van der Waals surface area contributed by atoms with Crippen LogP contribution in [0.3, 0.4) is 0 Å². The highest BCUT2D eigenvalue weighted by atomic mass is 35.5. The van der Waals surface area contributed by atoms with Crippen molar-refractivity contribution in [3.63, 3.8) is 0 Å². The molecule has 1 aliphatic rings. The molecule has 0 radical (unpaired) electrons. The molecule has 1 aromatic rings. The summed E-state index contributed by atoms with van der Waals surface area (Å²) < 4.78 is 26.8. The first-order chi connectivity index (χ1) is 8.78. The van der Waals surface area contributed by atoms with E-state index in [0.29, 0.717) is 10.7 Å². The van der Waals surface area contributed by atoms with E-state index in [4.69, 9.17) is 11.6 Å². The lowest BCUT2D eigenvalue weighted by atomic mass is 9.95. The Kier molecular flexibility index (Phi) is 4.13. The third-order valence-corrected chi connectivity index (χ3v) is 4.91. The fourth-order valence-corrected chi connectivity index (χ4v) is 3.37. The van der Waals surface area contributed by atoms with Crippen molar-refractivity contribution in [3.8, 4) is 0 Å². The summed E-state index contributed by atoms with van der Waals surface area (Å²) in [5.74, 6) is 0.0812. The van der Waals surface area contributed by atoms with Gasteiger partial charge in [-0.1, -0.05) is 30.6 Å². The number of hydrogen-bond acceptors (Lipinski definition) is 5. The summed E-state index contributed by atoms with van der Waals surface area (Å²) in [5.41, 5.74) is 1.46. The number of oxime groups is 1. The smallest absolute Gasteiger partial charge is 0.268 e. The molecule has 7 heteroatoms. The van der Waals surface area contributed by atoms with Gasteiger partial charge in [0.15, 0.2) is 0 Å². The Labute approximate surface area is 122 Å². The van der Waals surface area contributed by atoms with Crippen LogP contribution in [0, 0.1) is 5.92 Å². The lowest BCUT2D eigenvalue weighted by Crippen LogP contribution is -2.27. The molecule has 1 aliphatic heterocycles. The number of hydrogen-bond donors (Lipinski definition) is 0. The van der Waals surface area contributed by atoms with E-state index in [1.807, 2.05) is 19.1 Å². The molecular formula is C12H14ClNO3S2. The molecule has 0 aliphatic carbocycles. The van der Waals surface area contributed by atoms with E-state index in [9.17, 15) is 8.42 Å². The van der Waals surface area contributed by atoms with Gasteiger partial charge in [-0.05, 0) is 18.2 Å². The fraction of sp³-hybridized carbons (Fsp3) is 0.417. The van der Waals surface area contributed by atoms with Gasteiger partial charge in [-0.3, -0.25) is 4.28 Å². The van der Waals surface area contributed by atoms with Gasteiger partial charge in [-0.15, -0.1) is 11.8 Å². The maximum Gasteiger partial charge on any atom is 0.325 e. The van der Waals surface area contributed by atoms with Gasteiger partial charge >= 0.3 is 10.1 Å². The molecule has 0 amide bonds. The van der Waals surface area contributed by atoms with Crippen LogP contribution in [0.5, 0.6) is 0 Å². The van der Waals surface area contributed by atoms with Crippen LogP contribution in [-0.4, -0.2) is 25.6 Å². The summed E-state index contributed by atoms with van der Waals surface area (Å²) in [6.07, 6.45) is 0.974. The van der Waals surface area contributed by atoms with Gasteiger partial charge in [-0.25, -0.2) is 0 Å². The minimum atomic E-state index is -3.60. The third kappa shape index (κ3) is 3.43. The highest BCUT2D eigenvalue weighted by Crippen LogP contribution is 2.39. The van der Waals surface area contributed by atoms with E-state index in [1.165, 1.54) is 0 Å². The van der Waals surface area contributed by atoms with E-state index in [-0.39, 0.29) is 11.2 Å². The summed E-state index contributed by atoms with van der Waals surface area (Å²) in [6, 6.07) is 5.52. The maximum atomic E-state index is 11.1. The average Bonchev–Trinajstić information content (AvgIpc) is 2.29. The molecule has 0 saturated carbocycles. The van der Waals surface area contributed by atoms with Crippen molar-refractivity contribution in [3.05, 3.63) is 28.8 Å². The average molecular weight is 320 g/mol. The summed E-state index contributed by atoms with van der Waals surface area (Å²) in [5, 5.41) is 4.70. The minimum absolute atomic E-state index is 0.0812. The van der Waals surface area contributed by atoms with E-state index in [1.54, 1.807) is 17.8 Å². The van der Waals surface area contributed by atoms with Crippen LogP contribution in [0.2, 0.25) is 5.02 Å². The lowest BCUT2D eigenvalue weighted by molar-refractivity contribution is 0.340. The number of halogens is 1. The third-order valence-electron chi connectivity index (χ3n) is 2.94. The van der Waals surface area contributed by atoms with Crippen LogP contribution >= 0.6 is 23.4 Å². The van der Waals surface area contributed by atoms with E-state index in [2.05, 4.69) is 16.4 Å². The van der Waals surface area contributed by atoms with Crippen LogP contribution in [-0.2, 0) is 14.4 Å². The molecule has 2 rings (SSSR count). The number of fused-ring (bicyclic) bond motifs is 1. The second-order valence-electron chi connectivity index (χ2n) is 4.51. The van der Waals surface area contributed by atoms with Crippen LogP contribution in [0.1, 0.15) is 19.4 Å². The van der Waals surface area contributed by atoms with Crippen molar-refractivity contribution >= 4 is 39.2 Å². The van der Waals surface area contributed by atoms with Crippen LogP contribution < -0.4 is 0 Å². The Balaban J connectivity index is 2.49. The minimum Gasteiger partial charge on any atom is -0.268 e. The van der Waals surface area contributed by atoms with Gasteiger partial charge < -0.3 is 0 Å². The Morgan fingerprint density at radius 1 is 1.37 bits per heavy atom. The monoisotopic (exact) mass is 319 g/mol. The first-order valence-corrected chi connectivity index (χ1v) is 8.78. The van der Waals surface area contributed by atoms with Crippen LogP contribution in [0.25, 0.3) is 0 Å². The molecule has 4 nitrogen and oxygen atoms in total. The highest BCUT2D eigenvalue weighted by molar-refractivity contribution is 8.00. The van der Waals surface area contributed by atoms with Crippen molar-refractivity contribution in [2.75, 3.05) is 6.26 Å². The molecular weight excluding hydrogens is 306 g/mol. The summed E-state index contributed by atoms with van der Waals surface area (Å²) in [4.78, 5) is 1.03. The number of benzene rings is 1. The Hall–Kier alpha value is -0.720. The van der Waals surface area contributed by atoms with Crippen molar-refractivity contribution in [1.82, 2.24) is 0 Å². The second-order valence-corrected chi connectivity index (χ2v) is 7.92. The largest absolute Gasteiger partial charge is 0.325 e. The van der Waals surface area contributed by atoms with Gasteiger partial charge in [0.05, 0.1) is 12.0 Å². The van der Waals surface area contributed by atoms with E-state index in [0.717, 1.165) is 16.7 Å². The maximum absolute atomic E-state index is 11.1. The zero-order valence-electron chi connectivity index (χ0n) is 10.8. The predicted octanol–water partition coefficient (Wildman–Crippen LogP) is 3.15.